The second-order valence-corrected chi connectivity index (χ2v) is 8.66. The molecule has 0 spiro atoms. The van der Waals surface area contributed by atoms with Crippen LogP contribution in [0.4, 0.5) is 5.69 Å². The second kappa shape index (κ2) is 8.61. The number of hydrogen-bond acceptors (Lipinski definition) is 5. The number of anilines is 1. The number of sulfonamides is 1. The quantitative estimate of drug-likeness (QED) is 0.659. The second-order valence-electron chi connectivity index (χ2n) is 6.61. The van der Waals surface area contributed by atoms with E-state index in [0.717, 1.165) is 17.3 Å². The van der Waals surface area contributed by atoms with Crippen LogP contribution >= 0.6 is 0 Å². The Morgan fingerprint density at radius 2 is 1.92 bits per heavy atom. The molecular formula is C17H26N4O4S. The van der Waals surface area contributed by atoms with Crippen LogP contribution in [0, 0.1) is 5.92 Å². The minimum absolute atomic E-state index is 0.00397. The van der Waals surface area contributed by atoms with Gasteiger partial charge in [-0.2, -0.15) is 4.31 Å². The third-order valence-corrected chi connectivity index (χ3v) is 6.24. The van der Waals surface area contributed by atoms with Crippen LogP contribution in [0.15, 0.2) is 29.2 Å². The number of piperidine rings is 1. The highest BCUT2D eigenvalue weighted by atomic mass is 32.2. The smallest absolute Gasteiger partial charge is 0.243 e. The summed E-state index contributed by atoms with van der Waals surface area (Å²) in [4.78, 5) is 23.3. The fraction of sp³-hybridized carbons (Fsp3) is 0.529. The zero-order valence-electron chi connectivity index (χ0n) is 15.3. The van der Waals surface area contributed by atoms with Crippen molar-refractivity contribution in [2.75, 3.05) is 32.0 Å². The Kier molecular flexibility index (Phi) is 6.74. The van der Waals surface area contributed by atoms with E-state index in [1.807, 2.05) is 0 Å². The topological polar surface area (TPSA) is 108 Å². The number of carbonyl (C=O) groups excluding carboxylic acids is 2. The summed E-state index contributed by atoms with van der Waals surface area (Å²) in [5.41, 5.74) is 0.510. The van der Waals surface area contributed by atoms with Gasteiger partial charge in [-0.1, -0.05) is 6.92 Å². The summed E-state index contributed by atoms with van der Waals surface area (Å²) >= 11 is 0. The maximum Gasteiger partial charge on any atom is 0.243 e. The first-order valence-corrected chi connectivity index (χ1v) is 9.98. The first-order valence-electron chi connectivity index (χ1n) is 8.54. The number of likely N-dealkylation sites (N-methyl/N-ethyl adjacent to an activating group) is 1. The van der Waals surface area contributed by atoms with Gasteiger partial charge >= 0.3 is 0 Å². The van der Waals surface area contributed by atoms with Gasteiger partial charge in [0.15, 0.2) is 0 Å². The number of benzene rings is 1. The van der Waals surface area contributed by atoms with Gasteiger partial charge in [0.25, 0.3) is 0 Å². The molecule has 0 saturated carbocycles. The van der Waals surface area contributed by atoms with Crippen LogP contribution in [0.2, 0.25) is 0 Å². The van der Waals surface area contributed by atoms with Crippen molar-refractivity contribution in [3.63, 3.8) is 0 Å². The molecule has 1 aromatic rings. The van der Waals surface area contributed by atoms with Crippen LogP contribution < -0.4 is 16.0 Å². The fourth-order valence-corrected chi connectivity index (χ4v) is 3.94. The van der Waals surface area contributed by atoms with Crippen LogP contribution in [0.5, 0.6) is 0 Å². The zero-order chi connectivity index (χ0) is 19.3. The monoisotopic (exact) mass is 382 g/mol. The predicted octanol–water partition coefficient (Wildman–Crippen LogP) is 0.380. The van der Waals surface area contributed by atoms with Gasteiger partial charge in [0.2, 0.25) is 21.8 Å². The van der Waals surface area contributed by atoms with E-state index in [1.165, 1.54) is 38.2 Å². The van der Waals surface area contributed by atoms with Gasteiger partial charge in [0, 0.05) is 32.2 Å². The molecule has 3 N–H and O–H groups in total. The molecule has 1 aliphatic rings. The van der Waals surface area contributed by atoms with Crippen molar-refractivity contribution in [3.05, 3.63) is 24.3 Å². The van der Waals surface area contributed by atoms with Crippen LogP contribution in [0.1, 0.15) is 20.3 Å². The SMILES string of the molecule is CC(=O)Nc1ccc(S(=O)(=O)N(C)CC(=O)NC2CNCCC2C)cc1. The number of hydrogen-bond donors (Lipinski definition) is 3. The lowest BCUT2D eigenvalue weighted by molar-refractivity contribution is -0.122. The van der Waals surface area contributed by atoms with E-state index in [-0.39, 0.29) is 29.3 Å². The molecule has 0 bridgehead atoms. The maximum atomic E-state index is 12.6. The van der Waals surface area contributed by atoms with E-state index in [0.29, 0.717) is 18.2 Å². The van der Waals surface area contributed by atoms with E-state index in [9.17, 15) is 18.0 Å². The number of nitrogens with one attached hydrogen (secondary N) is 3. The minimum Gasteiger partial charge on any atom is -0.351 e. The van der Waals surface area contributed by atoms with Crippen molar-refractivity contribution >= 4 is 27.5 Å². The molecule has 2 rings (SSSR count). The predicted molar refractivity (Wildman–Crippen MR) is 99.1 cm³/mol. The molecule has 1 aromatic carbocycles. The van der Waals surface area contributed by atoms with Crippen molar-refractivity contribution in [2.24, 2.45) is 5.92 Å². The van der Waals surface area contributed by atoms with Crippen LogP contribution in [-0.4, -0.2) is 57.3 Å². The fourth-order valence-electron chi connectivity index (χ4n) is 2.82. The lowest BCUT2D eigenvalue weighted by Crippen LogP contribution is -2.52. The normalized spacial score (nSPS) is 20.6. The van der Waals surface area contributed by atoms with Gasteiger partial charge < -0.3 is 16.0 Å². The van der Waals surface area contributed by atoms with Crippen LogP contribution in [0.25, 0.3) is 0 Å². The van der Waals surface area contributed by atoms with Gasteiger partial charge in [-0.15, -0.1) is 0 Å². The average Bonchev–Trinajstić information content (AvgIpc) is 2.57. The molecule has 9 heteroatoms. The number of nitrogens with zero attached hydrogens (tertiary/aromatic N) is 1. The molecule has 1 aliphatic heterocycles. The Morgan fingerprint density at radius 3 is 2.50 bits per heavy atom. The molecule has 0 aromatic heterocycles. The molecular weight excluding hydrogens is 356 g/mol. The Hall–Kier alpha value is -1.97. The van der Waals surface area contributed by atoms with E-state index in [4.69, 9.17) is 0 Å². The van der Waals surface area contributed by atoms with Crippen molar-refractivity contribution in [1.29, 1.82) is 0 Å². The van der Waals surface area contributed by atoms with Crippen LogP contribution in [0.3, 0.4) is 0 Å². The van der Waals surface area contributed by atoms with Gasteiger partial charge in [-0.3, -0.25) is 9.59 Å². The average molecular weight is 382 g/mol. The minimum atomic E-state index is -3.79. The Balaban J connectivity index is 1.99. The summed E-state index contributed by atoms with van der Waals surface area (Å²) < 4.78 is 26.2. The zero-order valence-corrected chi connectivity index (χ0v) is 16.1. The largest absolute Gasteiger partial charge is 0.351 e. The molecule has 26 heavy (non-hydrogen) atoms. The Labute approximate surface area is 154 Å². The third-order valence-electron chi connectivity index (χ3n) is 4.42. The highest BCUT2D eigenvalue weighted by molar-refractivity contribution is 7.89. The lowest BCUT2D eigenvalue weighted by atomic mass is 9.95. The summed E-state index contributed by atoms with van der Waals surface area (Å²) in [7, 11) is -2.42. The van der Waals surface area contributed by atoms with Gasteiger partial charge in [0.05, 0.1) is 11.4 Å². The summed E-state index contributed by atoms with van der Waals surface area (Å²) in [6.45, 7) is 4.81. The molecule has 1 heterocycles. The van der Waals surface area contributed by atoms with E-state index < -0.39 is 10.0 Å². The molecule has 144 valence electrons. The van der Waals surface area contributed by atoms with Gasteiger partial charge in [-0.25, -0.2) is 8.42 Å². The van der Waals surface area contributed by atoms with Crippen molar-refractivity contribution in [2.45, 2.75) is 31.2 Å². The van der Waals surface area contributed by atoms with Crippen molar-refractivity contribution in [1.82, 2.24) is 14.9 Å². The number of rotatable bonds is 6. The highest BCUT2D eigenvalue weighted by Gasteiger charge is 2.26. The lowest BCUT2D eigenvalue weighted by Gasteiger charge is -2.30. The standard InChI is InChI=1S/C17H26N4O4S/c1-12-8-9-18-10-16(12)20-17(23)11-21(3)26(24,25)15-6-4-14(5-7-15)19-13(2)22/h4-7,12,16,18H,8-11H2,1-3H3,(H,19,22)(H,20,23). The number of amides is 2. The van der Waals surface area contributed by atoms with E-state index in [2.05, 4.69) is 22.9 Å². The summed E-state index contributed by atoms with van der Waals surface area (Å²) in [6.07, 6.45) is 0.972. The maximum absolute atomic E-state index is 12.6. The van der Waals surface area contributed by atoms with E-state index >= 15 is 0 Å². The molecule has 2 atom stereocenters. The van der Waals surface area contributed by atoms with E-state index in [1.54, 1.807) is 0 Å². The summed E-state index contributed by atoms with van der Waals surface area (Å²) in [5, 5.41) is 8.70. The van der Waals surface area contributed by atoms with Gasteiger partial charge in [0.1, 0.15) is 0 Å². The first-order chi connectivity index (χ1) is 12.2. The summed E-state index contributed by atoms with van der Waals surface area (Å²) in [6, 6.07) is 5.84. The molecule has 1 saturated heterocycles. The van der Waals surface area contributed by atoms with Crippen molar-refractivity contribution in [3.8, 4) is 0 Å². The highest BCUT2D eigenvalue weighted by Crippen LogP contribution is 2.17. The summed E-state index contributed by atoms with van der Waals surface area (Å²) in [5.74, 6) is -0.212. The molecule has 8 nitrogen and oxygen atoms in total. The van der Waals surface area contributed by atoms with Gasteiger partial charge in [-0.05, 0) is 43.1 Å². The third kappa shape index (κ3) is 5.26. The molecule has 0 aliphatic carbocycles. The molecule has 2 unspecified atom stereocenters. The Bertz CT molecular complexity index is 749. The van der Waals surface area contributed by atoms with Crippen LogP contribution in [-0.2, 0) is 19.6 Å². The van der Waals surface area contributed by atoms with Crippen molar-refractivity contribution < 1.29 is 18.0 Å². The molecule has 1 fully saturated rings. The molecule has 0 radical (unpaired) electrons. The molecule has 2 amide bonds. The Morgan fingerprint density at radius 1 is 1.27 bits per heavy atom. The first kappa shape index (κ1) is 20.3. The number of carbonyl (C=O) groups is 2.